The second kappa shape index (κ2) is 7.90. The maximum absolute atomic E-state index is 11.9. The van der Waals surface area contributed by atoms with Gasteiger partial charge in [0.1, 0.15) is 13.2 Å². The summed E-state index contributed by atoms with van der Waals surface area (Å²) in [6, 6.07) is 3.63. The Morgan fingerprint density at radius 2 is 2.17 bits per heavy atom. The van der Waals surface area contributed by atoms with Crippen molar-refractivity contribution in [2.75, 3.05) is 26.9 Å². The molecule has 1 heterocycles. The molecule has 24 heavy (non-hydrogen) atoms. The van der Waals surface area contributed by atoms with Crippen LogP contribution in [-0.4, -0.2) is 32.9 Å². The van der Waals surface area contributed by atoms with E-state index in [1.165, 1.54) is 6.08 Å². The lowest BCUT2D eigenvalue weighted by molar-refractivity contribution is -0.139. The molecule has 0 N–H and O–H groups in total. The van der Waals surface area contributed by atoms with Crippen LogP contribution in [0.15, 0.2) is 30.4 Å². The molecule has 1 aromatic carbocycles. The van der Waals surface area contributed by atoms with Crippen molar-refractivity contribution in [3.63, 3.8) is 0 Å². The first-order valence-electron chi connectivity index (χ1n) is 8.23. The number of allylic oxidation sites excluding steroid dienone is 2. The zero-order chi connectivity index (χ0) is 16.8. The molecule has 0 aromatic heterocycles. The minimum Gasteiger partial charge on any atom is -0.493 e. The average molecular weight is 330 g/mol. The number of esters is 1. The summed E-state index contributed by atoms with van der Waals surface area (Å²) in [7, 11) is 1.58. The summed E-state index contributed by atoms with van der Waals surface area (Å²) >= 11 is 0. The van der Waals surface area contributed by atoms with Crippen LogP contribution >= 0.6 is 0 Å². The maximum Gasteiger partial charge on any atom is 0.330 e. The molecule has 1 unspecified atom stereocenters. The fraction of sp³-hybridized carbons (Fsp3) is 0.421. The highest BCUT2D eigenvalue weighted by molar-refractivity contribution is 5.87. The zero-order valence-corrected chi connectivity index (χ0v) is 13.8. The number of benzene rings is 1. The number of fused-ring (bicyclic) bond motifs is 1. The number of carbonyl (C=O) groups excluding carboxylic acids is 1. The first-order chi connectivity index (χ1) is 11.8. The van der Waals surface area contributed by atoms with Crippen molar-refractivity contribution >= 4 is 12.0 Å². The topological polar surface area (TPSA) is 54.0 Å². The third kappa shape index (κ3) is 4.10. The molecule has 1 aromatic rings. The highest BCUT2D eigenvalue weighted by atomic mass is 16.6. The van der Waals surface area contributed by atoms with Gasteiger partial charge in [0.05, 0.1) is 13.7 Å². The third-order valence-corrected chi connectivity index (χ3v) is 4.10. The highest BCUT2D eigenvalue weighted by Crippen LogP contribution is 2.40. The smallest absolute Gasteiger partial charge is 0.330 e. The third-order valence-electron chi connectivity index (χ3n) is 4.10. The van der Waals surface area contributed by atoms with Gasteiger partial charge in [-0.2, -0.15) is 0 Å². The number of hydrogen-bond acceptors (Lipinski definition) is 5. The van der Waals surface area contributed by atoms with Crippen molar-refractivity contribution in [3.8, 4) is 17.2 Å². The van der Waals surface area contributed by atoms with Gasteiger partial charge < -0.3 is 18.9 Å². The normalized spacial score (nSPS) is 19.3. The molecule has 0 saturated carbocycles. The Labute approximate surface area is 141 Å². The molecule has 1 atom stereocenters. The van der Waals surface area contributed by atoms with Gasteiger partial charge in [-0.1, -0.05) is 12.2 Å². The maximum atomic E-state index is 11.9. The zero-order valence-electron chi connectivity index (χ0n) is 13.8. The number of carbonyl (C=O) groups is 1. The molecular formula is C19H22O5. The number of hydrogen-bond donors (Lipinski definition) is 0. The van der Waals surface area contributed by atoms with Gasteiger partial charge in [0.15, 0.2) is 11.5 Å². The van der Waals surface area contributed by atoms with Gasteiger partial charge in [0.25, 0.3) is 0 Å². The molecule has 0 saturated heterocycles. The van der Waals surface area contributed by atoms with Crippen LogP contribution in [0.1, 0.15) is 24.8 Å². The minimum atomic E-state index is -0.335. The Morgan fingerprint density at radius 3 is 2.96 bits per heavy atom. The Bertz CT molecular complexity index is 630. The summed E-state index contributed by atoms with van der Waals surface area (Å²) in [4.78, 5) is 11.9. The number of rotatable bonds is 5. The lowest BCUT2D eigenvalue weighted by Crippen LogP contribution is -2.16. The van der Waals surface area contributed by atoms with Gasteiger partial charge in [-0.3, -0.25) is 0 Å². The van der Waals surface area contributed by atoms with Crippen LogP contribution < -0.4 is 14.2 Å². The molecule has 0 fully saturated rings. The lowest BCUT2D eigenvalue weighted by Gasteiger charge is -2.21. The SMILES string of the molecule is COc1cc(/C=C/C(=O)OCC2CC=CCC2)cc2c1OCCO2. The van der Waals surface area contributed by atoms with E-state index in [-0.39, 0.29) is 5.97 Å². The molecular weight excluding hydrogens is 308 g/mol. The summed E-state index contributed by atoms with van der Waals surface area (Å²) in [6.07, 6.45) is 10.6. The van der Waals surface area contributed by atoms with Crippen LogP contribution in [0.5, 0.6) is 17.2 Å². The van der Waals surface area contributed by atoms with Crippen LogP contribution in [0.25, 0.3) is 6.08 Å². The minimum absolute atomic E-state index is 0.335. The van der Waals surface area contributed by atoms with Crippen molar-refractivity contribution in [2.24, 2.45) is 5.92 Å². The van der Waals surface area contributed by atoms with Gasteiger partial charge in [-0.15, -0.1) is 0 Å². The highest BCUT2D eigenvalue weighted by Gasteiger charge is 2.18. The quantitative estimate of drug-likeness (QED) is 0.471. The van der Waals surface area contributed by atoms with E-state index in [1.807, 2.05) is 12.1 Å². The molecule has 3 rings (SSSR count). The van der Waals surface area contributed by atoms with E-state index in [1.54, 1.807) is 13.2 Å². The van der Waals surface area contributed by atoms with Crippen LogP contribution in [0.2, 0.25) is 0 Å². The average Bonchev–Trinajstić information content (AvgIpc) is 2.64. The fourth-order valence-corrected chi connectivity index (χ4v) is 2.81. The standard InChI is InChI=1S/C19H22O5/c1-21-16-11-15(12-17-19(16)23-10-9-22-17)7-8-18(20)24-13-14-5-3-2-4-6-14/h2-3,7-8,11-12,14H,4-6,9-10,13H2,1H3/b8-7+. The molecule has 0 bridgehead atoms. The van der Waals surface area contributed by atoms with Crippen molar-refractivity contribution in [1.82, 2.24) is 0 Å². The summed E-state index contributed by atoms with van der Waals surface area (Å²) in [5, 5.41) is 0. The van der Waals surface area contributed by atoms with Crippen LogP contribution in [0.4, 0.5) is 0 Å². The van der Waals surface area contributed by atoms with Crippen molar-refractivity contribution in [1.29, 1.82) is 0 Å². The first-order valence-corrected chi connectivity index (χ1v) is 8.23. The predicted molar refractivity (Wildman–Crippen MR) is 90.5 cm³/mol. The second-order valence-electron chi connectivity index (χ2n) is 5.86. The summed E-state index contributed by atoms with van der Waals surface area (Å²) < 4.78 is 21.8. The van der Waals surface area contributed by atoms with Gasteiger partial charge in [-0.25, -0.2) is 4.79 Å². The summed E-state index contributed by atoms with van der Waals surface area (Å²) in [5.41, 5.74) is 0.800. The monoisotopic (exact) mass is 330 g/mol. The van der Waals surface area contributed by atoms with Gasteiger partial charge in [0, 0.05) is 6.08 Å². The van der Waals surface area contributed by atoms with Crippen LogP contribution in [0, 0.1) is 5.92 Å². The van der Waals surface area contributed by atoms with Crippen molar-refractivity contribution < 1.29 is 23.7 Å². The van der Waals surface area contributed by atoms with E-state index in [0.717, 1.165) is 24.8 Å². The summed E-state index contributed by atoms with van der Waals surface area (Å²) in [5.74, 6) is 1.92. The Hall–Kier alpha value is -2.43. The van der Waals surface area contributed by atoms with E-state index < -0.39 is 0 Å². The fourth-order valence-electron chi connectivity index (χ4n) is 2.81. The molecule has 0 radical (unpaired) electrons. The molecule has 5 heteroatoms. The van der Waals surface area contributed by atoms with E-state index in [0.29, 0.717) is 43.0 Å². The molecule has 1 aliphatic heterocycles. The van der Waals surface area contributed by atoms with Gasteiger partial charge in [0.2, 0.25) is 5.75 Å². The predicted octanol–water partition coefficient (Wildman–Crippen LogP) is 3.38. The number of methoxy groups -OCH3 is 1. The van der Waals surface area contributed by atoms with Crippen LogP contribution in [-0.2, 0) is 9.53 Å². The summed E-state index contributed by atoms with van der Waals surface area (Å²) in [6.45, 7) is 1.47. The molecule has 2 aliphatic rings. The van der Waals surface area contributed by atoms with Gasteiger partial charge >= 0.3 is 5.97 Å². The molecule has 1 aliphatic carbocycles. The van der Waals surface area contributed by atoms with Gasteiger partial charge in [-0.05, 0) is 49.0 Å². The van der Waals surface area contributed by atoms with E-state index in [2.05, 4.69) is 12.2 Å². The second-order valence-corrected chi connectivity index (χ2v) is 5.86. The Morgan fingerprint density at radius 1 is 1.29 bits per heavy atom. The lowest BCUT2D eigenvalue weighted by atomic mass is 9.95. The largest absolute Gasteiger partial charge is 0.493 e. The van der Waals surface area contributed by atoms with E-state index >= 15 is 0 Å². The first kappa shape index (κ1) is 16.4. The Balaban J connectivity index is 1.61. The molecule has 5 nitrogen and oxygen atoms in total. The number of ether oxygens (including phenoxy) is 4. The molecule has 128 valence electrons. The Kier molecular flexibility index (Phi) is 5.41. The van der Waals surface area contributed by atoms with Crippen molar-refractivity contribution in [2.45, 2.75) is 19.3 Å². The van der Waals surface area contributed by atoms with E-state index in [4.69, 9.17) is 18.9 Å². The van der Waals surface area contributed by atoms with E-state index in [9.17, 15) is 4.79 Å². The molecule has 0 spiro atoms. The molecule has 0 amide bonds. The van der Waals surface area contributed by atoms with Crippen LogP contribution in [0.3, 0.4) is 0 Å². The van der Waals surface area contributed by atoms with Crippen molar-refractivity contribution in [3.05, 3.63) is 35.9 Å².